The van der Waals surface area contributed by atoms with E-state index in [1.807, 2.05) is 0 Å². The predicted molar refractivity (Wildman–Crippen MR) is 68.2 cm³/mol. The molecule has 2 heteroatoms. The molecule has 94 valence electrons. The molecule has 0 radical (unpaired) electrons. The average molecular weight is 225 g/mol. The van der Waals surface area contributed by atoms with Crippen LogP contribution < -0.4 is 5.32 Å². The highest BCUT2D eigenvalue weighted by Crippen LogP contribution is 2.24. The van der Waals surface area contributed by atoms with Crippen molar-refractivity contribution >= 4 is 5.91 Å². The Kier molecular flexibility index (Phi) is 5.30. The molecule has 1 N–H and O–H groups in total. The van der Waals surface area contributed by atoms with Crippen molar-refractivity contribution in [3.8, 4) is 0 Å². The van der Waals surface area contributed by atoms with Gasteiger partial charge in [0, 0.05) is 12.0 Å². The second-order valence-corrected chi connectivity index (χ2v) is 5.86. The minimum absolute atomic E-state index is 0.286. The van der Waals surface area contributed by atoms with Crippen molar-refractivity contribution in [2.24, 2.45) is 17.8 Å². The summed E-state index contributed by atoms with van der Waals surface area (Å²) >= 11 is 0. The van der Waals surface area contributed by atoms with Gasteiger partial charge >= 0.3 is 0 Å². The van der Waals surface area contributed by atoms with E-state index in [1.165, 1.54) is 19.3 Å². The topological polar surface area (TPSA) is 29.1 Å². The number of nitrogens with one attached hydrogen (secondary N) is 1. The van der Waals surface area contributed by atoms with Gasteiger partial charge in [0.05, 0.1) is 0 Å². The third-order valence-electron chi connectivity index (χ3n) is 3.72. The van der Waals surface area contributed by atoms with Gasteiger partial charge < -0.3 is 5.32 Å². The van der Waals surface area contributed by atoms with Crippen molar-refractivity contribution in [1.29, 1.82) is 0 Å². The van der Waals surface area contributed by atoms with Crippen LogP contribution in [0.4, 0.5) is 0 Å². The second-order valence-electron chi connectivity index (χ2n) is 5.86. The Balaban J connectivity index is 2.47. The molecule has 0 bridgehead atoms. The van der Waals surface area contributed by atoms with E-state index >= 15 is 0 Å². The lowest BCUT2D eigenvalue weighted by atomic mass is 9.87. The summed E-state index contributed by atoms with van der Waals surface area (Å²) in [7, 11) is 0. The van der Waals surface area contributed by atoms with Gasteiger partial charge in [-0.2, -0.15) is 0 Å². The highest BCUT2D eigenvalue weighted by molar-refractivity contribution is 5.79. The van der Waals surface area contributed by atoms with Crippen LogP contribution in [0.25, 0.3) is 0 Å². The Morgan fingerprint density at radius 3 is 1.94 bits per heavy atom. The van der Waals surface area contributed by atoms with Crippen LogP contribution in [0.15, 0.2) is 0 Å². The highest BCUT2D eigenvalue weighted by atomic mass is 16.1. The molecule has 1 fully saturated rings. The number of amides is 1. The minimum atomic E-state index is 0.286. The predicted octanol–water partition coefficient (Wildman–Crippen LogP) is 3.36. The lowest BCUT2D eigenvalue weighted by molar-refractivity contribution is -0.127. The molecule has 0 aromatic heterocycles. The fourth-order valence-corrected chi connectivity index (χ4v) is 2.75. The number of carbonyl (C=O) groups is 1. The van der Waals surface area contributed by atoms with Gasteiger partial charge in [0.1, 0.15) is 0 Å². The van der Waals surface area contributed by atoms with Gasteiger partial charge in [0.25, 0.3) is 0 Å². The first kappa shape index (κ1) is 13.5. The molecule has 0 heterocycles. The molecule has 16 heavy (non-hydrogen) atoms. The Bertz CT molecular complexity index is 209. The number of carbonyl (C=O) groups excluding carboxylic acids is 1. The third-order valence-corrected chi connectivity index (χ3v) is 3.72. The van der Waals surface area contributed by atoms with Crippen molar-refractivity contribution < 1.29 is 4.79 Å². The van der Waals surface area contributed by atoms with Crippen molar-refractivity contribution in [3.63, 3.8) is 0 Å². The Hall–Kier alpha value is -0.530. The molecule has 1 amide bonds. The largest absolute Gasteiger partial charge is 0.353 e. The van der Waals surface area contributed by atoms with Gasteiger partial charge in [0.15, 0.2) is 0 Å². The standard InChI is InChI=1S/C14H27NO/c1-10(2)13(11(3)4)15-14(16)12-8-6-5-7-9-12/h10-13H,5-9H2,1-4H3,(H,15,16). The second kappa shape index (κ2) is 6.27. The molecular weight excluding hydrogens is 198 g/mol. The summed E-state index contributed by atoms with van der Waals surface area (Å²) in [6, 6.07) is 0.328. The van der Waals surface area contributed by atoms with Crippen LogP contribution in [0.5, 0.6) is 0 Å². The molecule has 2 nitrogen and oxygen atoms in total. The van der Waals surface area contributed by atoms with Crippen LogP contribution in [0.1, 0.15) is 59.8 Å². The Labute approximate surface area is 100 Å². The molecule has 1 aliphatic rings. The van der Waals surface area contributed by atoms with Crippen LogP contribution in [-0.4, -0.2) is 11.9 Å². The van der Waals surface area contributed by atoms with E-state index in [1.54, 1.807) is 0 Å². The summed E-state index contributed by atoms with van der Waals surface area (Å²) < 4.78 is 0. The van der Waals surface area contributed by atoms with Crippen molar-refractivity contribution in [1.82, 2.24) is 5.32 Å². The maximum absolute atomic E-state index is 12.1. The zero-order valence-electron chi connectivity index (χ0n) is 11.3. The summed E-state index contributed by atoms with van der Waals surface area (Å²) in [4.78, 5) is 12.1. The quantitative estimate of drug-likeness (QED) is 0.781. The molecule has 0 saturated heterocycles. The zero-order chi connectivity index (χ0) is 12.1. The van der Waals surface area contributed by atoms with Gasteiger partial charge in [0.2, 0.25) is 5.91 Å². The van der Waals surface area contributed by atoms with E-state index in [9.17, 15) is 4.79 Å². The molecule has 0 aromatic carbocycles. The van der Waals surface area contributed by atoms with Crippen LogP contribution in [0.3, 0.4) is 0 Å². The normalized spacial score (nSPS) is 18.4. The molecule has 0 spiro atoms. The van der Waals surface area contributed by atoms with E-state index < -0.39 is 0 Å². The van der Waals surface area contributed by atoms with Crippen LogP contribution in [0.2, 0.25) is 0 Å². The molecule has 0 aliphatic heterocycles. The van der Waals surface area contributed by atoms with Gasteiger partial charge in [-0.25, -0.2) is 0 Å². The first-order valence-corrected chi connectivity index (χ1v) is 6.82. The molecule has 0 atom stereocenters. The molecule has 1 aliphatic carbocycles. The third kappa shape index (κ3) is 3.80. The summed E-state index contributed by atoms with van der Waals surface area (Å²) in [5.74, 6) is 1.63. The molecule has 0 unspecified atom stereocenters. The van der Waals surface area contributed by atoms with Crippen molar-refractivity contribution in [3.05, 3.63) is 0 Å². The van der Waals surface area contributed by atoms with Gasteiger partial charge in [-0.1, -0.05) is 47.0 Å². The minimum Gasteiger partial charge on any atom is -0.353 e. The Morgan fingerprint density at radius 1 is 1.00 bits per heavy atom. The summed E-state index contributed by atoms with van der Waals surface area (Å²) in [6.45, 7) is 8.75. The SMILES string of the molecule is CC(C)C(NC(=O)C1CCCCC1)C(C)C. The Morgan fingerprint density at radius 2 is 1.50 bits per heavy atom. The van der Waals surface area contributed by atoms with Gasteiger partial charge in [-0.15, -0.1) is 0 Å². The van der Waals surface area contributed by atoms with E-state index in [0.29, 0.717) is 23.8 Å². The molecule has 1 rings (SSSR count). The first-order chi connectivity index (χ1) is 7.52. The van der Waals surface area contributed by atoms with Crippen molar-refractivity contribution in [2.75, 3.05) is 0 Å². The van der Waals surface area contributed by atoms with E-state index in [-0.39, 0.29) is 5.92 Å². The number of rotatable bonds is 4. The molecule has 0 aromatic rings. The van der Waals surface area contributed by atoms with Crippen LogP contribution >= 0.6 is 0 Å². The van der Waals surface area contributed by atoms with Crippen LogP contribution in [0, 0.1) is 17.8 Å². The average Bonchev–Trinajstić information content (AvgIpc) is 2.25. The number of hydrogen-bond donors (Lipinski definition) is 1. The lowest BCUT2D eigenvalue weighted by Gasteiger charge is -2.29. The first-order valence-electron chi connectivity index (χ1n) is 6.82. The zero-order valence-corrected chi connectivity index (χ0v) is 11.3. The highest BCUT2D eigenvalue weighted by Gasteiger charge is 2.25. The van der Waals surface area contributed by atoms with Gasteiger partial charge in [-0.05, 0) is 24.7 Å². The van der Waals surface area contributed by atoms with E-state index in [2.05, 4.69) is 33.0 Å². The smallest absolute Gasteiger partial charge is 0.223 e. The van der Waals surface area contributed by atoms with E-state index in [0.717, 1.165) is 12.8 Å². The van der Waals surface area contributed by atoms with E-state index in [4.69, 9.17) is 0 Å². The summed E-state index contributed by atoms with van der Waals surface area (Å²) in [6.07, 6.45) is 5.95. The maximum atomic E-state index is 12.1. The van der Waals surface area contributed by atoms with Crippen molar-refractivity contribution in [2.45, 2.75) is 65.8 Å². The lowest BCUT2D eigenvalue weighted by Crippen LogP contribution is -2.45. The fourth-order valence-electron chi connectivity index (χ4n) is 2.75. The fraction of sp³-hybridized carbons (Fsp3) is 0.929. The summed E-state index contributed by atoms with van der Waals surface area (Å²) in [5.41, 5.74) is 0. The summed E-state index contributed by atoms with van der Waals surface area (Å²) in [5, 5.41) is 3.25. The van der Waals surface area contributed by atoms with Gasteiger partial charge in [-0.3, -0.25) is 4.79 Å². The van der Waals surface area contributed by atoms with Crippen LogP contribution in [-0.2, 0) is 4.79 Å². The number of hydrogen-bond acceptors (Lipinski definition) is 1. The maximum Gasteiger partial charge on any atom is 0.223 e. The monoisotopic (exact) mass is 225 g/mol. The molecule has 1 saturated carbocycles. The molecular formula is C14H27NO.